The van der Waals surface area contributed by atoms with E-state index in [0.717, 1.165) is 22.5 Å². The smallest absolute Gasteiger partial charge is 0.244 e. The molecule has 0 radical (unpaired) electrons. The van der Waals surface area contributed by atoms with Crippen molar-refractivity contribution >= 4 is 39.1 Å². The van der Waals surface area contributed by atoms with Gasteiger partial charge >= 0.3 is 0 Å². The predicted molar refractivity (Wildman–Crippen MR) is 137 cm³/mol. The molecule has 0 aliphatic rings. The van der Waals surface area contributed by atoms with Crippen molar-refractivity contribution < 1.29 is 18.0 Å². The third-order valence-corrected chi connectivity index (χ3v) is 7.06. The summed E-state index contributed by atoms with van der Waals surface area (Å²) in [6.45, 7) is 7.20. The van der Waals surface area contributed by atoms with Gasteiger partial charge in [-0.25, -0.2) is 8.42 Å². The molecule has 2 aromatic carbocycles. The summed E-state index contributed by atoms with van der Waals surface area (Å²) in [6, 6.07) is 13.4. The van der Waals surface area contributed by atoms with Crippen LogP contribution in [-0.2, 0) is 26.2 Å². The van der Waals surface area contributed by atoms with E-state index in [1.807, 2.05) is 51.1 Å². The zero-order chi connectivity index (χ0) is 25.5. The van der Waals surface area contributed by atoms with Crippen molar-refractivity contribution in [3.8, 4) is 0 Å². The molecule has 0 aliphatic carbocycles. The summed E-state index contributed by atoms with van der Waals surface area (Å²) >= 11 is 6.12. The Kier molecular flexibility index (Phi) is 9.94. The van der Waals surface area contributed by atoms with Crippen LogP contribution in [0.5, 0.6) is 0 Å². The van der Waals surface area contributed by atoms with E-state index in [2.05, 4.69) is 5.32 Å². The van der Waals surface area contributed by atoms with Crippen molar-refractivity contribution in [2.75, 3.05) is 17.1 Å². The van der Waals surface area contributed by atoms with Crippen LogP contribution >= 0.6 is 11.6 Å². The summed E-state index contributed by atoms with van der Waals surface area (Å²) in [5.41, 5.74) is 1.84. The van der Waals surface area contributed by atoms with E-state index in [1.54, 1.807) is 19.1 Å². The summed E-state index contributed by atoms with van der Waals surface area (Å²) in [5.74, 6) is -0.731. The van der Waals surface area contributed by atoms with E-state index < -0.39 is 28.5 Å². The normalized spacial score (nSPS) is 13.1. The first-order valence-corrected chi connectivity index (χ1v) is 13.6. The lowest BCUT2D eigenvalue weighted by atomic mass is 10.1. The Balaban J connectivity index is 2.45. The van der Waals surface area contributed by atoms with Gasteiger partial charge in [0, 0.05) is 17.6 Å². The van der Waals surface area contributed by atoms with E-state index in [1.165, 1.54) is 11.0 Å². The fourth-order valence-electron chi connectivity index (χ4n) is 3.59. The van der Waals surface area contributed by atoms with Crippen molar-refractivity contribution in [2.45, 2.75) is 59.2 Å². The second-order valence-corrected chi connectivity index (χ2v) is 10.8. The average Bonchev–Trinajstić information content (AvgIpc) is 2.78. The van der Waals surface area contributed by atoms with E-state index in [0.29, 0.717) is 22.7 Å². The van der Waals surface area contributed by atoms with Crippen LogP contribution in [0.25, 0.3) is 0 Å². The molecule has 0 aliphatic heterocycles. The molecule has 7 nitrogen and oxygen atoms in total. The molecule has 0 unspecified atom stereocenters. The minimum absolute atomic E-state index is 0.0446. The third kappa shape index (κ3) is 7.46. The maximum atomic E-state index is 13.6. The Morgan fingerprint density at radius 1 is 1.06 bits per heavy atom. The van der Waals surface area contributed by atoms with Crippen LogP contribution in [0.15, 0.2) is 48.5 Å². The van der Waals surface area contributed by atoms with Crippen LogP contribution in [0, 0.1) is 6.92 Å². The van der Waals surface area contributed by atoms with Gasteiger partial charge < -0.3 is 10.2 Å². The Morgan fingerprint density at radius 2 is 1.71 bits per heavy atom. The quantitative estimate of drug-likeness (QED) is 0.495. The number of hydrogen-bond acceptors (Lipinski definition) is 4. The first-order chi connectivity index (χ1) is 16.0. The van der Waals surface area contributed by atoms with E-state index >= 15 is 0 Å². The number of aryl methyl sites for hydroxylation is 1. The summed E-state index contributed by atoms with van der Waals surface area (Å²) < 4.78 is 26.5. The molecular formula is C25H34ClN3O4S. The molecule has 0 heterocycles. The van der Waals surface area contributed by atoms with Gasteiger partial charge in [-0.15, -0.1) is 0 Å². The number of nitrogens with zero attached hydrogens (tertiary/aromatic N) is 2. The highest BCUT2D eigenvalue weighted by molar-refractivity contribution is 7.92. The second kappa shape index (κ2) is 12.2. The monoisotopic (exact) mass is 507 g/mol. The van der Waals surface area contributed by atoms with Gasteiger partial charge in [0.05, 0.1) is 11.9 Å². The summed E-state index contributed by atoms with van der Waals surface area (Å²) in [6.07, 6.45) is 2.19. The van der Waals surface area contributed by atoms with Crippen molar-refractivity contribution in [2.24, 2.45) is 0 Å². The van der Waals surface area contributed by atoms with E-state index in [-0.39, 0.29) is 18.5 Å². The van der Waals surface area contributed by atoms with Gasteiger partial charge in [0.25, 0.3) is 0 Å². The molecule has 0 saturated carbocycles. The molecule has 0 fully saturated rings. The van der Waals surface area contributed by atoms with Crippen LogP contribution in [-0.4, -0.2) is 50.0 Å². The summed E-state index contributed by atoms with van der Waals surface area (Å²) in [4.78, 5) is 28.2. The van der Waals surface area contributed by atoms with Crippen molar-refractivity contribution in [3.05, 3.63) is 64.7 Å². The number of halogens is 1. The molecule has 0 spiro atoms. The molecule has 2 atom stereocenters. The van der Waals surface area contributed by atoms with Crippen molar-refractivity contribution in [1.29, 1.82) is 0 Å². The van der Waals surface area contributed by atoms with Crippen LogP contribution in [0.3, 0.4) is 0 Å². The fourth-order valence-corrected chi connectivity index (χ4v) is 4.65. The molecule has 2 amide bonds. The summed E-state index contributed by atoms with van der Waals surface area (Å²) in [7, 11) is -3.81. The van der Waals surface area contributed by atoms with Crippen molar-refractivity contribution in [3.63, 3.8) is 0 Å². The number of rotatable bonds is 11. The van der Waals surface area contributed by atoms with E-state index in [9.17, 15) is 18.0 Å². The fraction of sp³-hybridized carbons (Fsp3) is 0.440. The molecular weight excluding hydrogens is 474 g/mol. The molecule has 0 saturated heterocycles. The van der Waals surface area contributed by atoms with Crippen LogP contribution in [0.4, 0.5) is 5.69 Å². The Labute approximate surface area is 208 Å². The van der Waals surface area contributed by atoms with Gasteiger partial charge in [0.2, 0.25) is 21.8 Å². The van der Waals surface area contributed by atoms with Crippen LogP contribution in [0.1, 0.15) is 44.7 Å². The van der Waals surface area contributed by atoms with Crippen LogP contribution in [0.2, 0.25) is 5.02 Å². The van der Waals surface area contributed by atoms with Gasteiger partial charge in [-0.2, -0.15) is 0 Å². The van der Waals surface area contributed by atoms with Gasteiger partial charge in [-0.1, -0.05) is 61.8 Å². The largest absolute Gasteiger partial charge is 0.352 e. The van der Waals surface area contributed by atoms with E-state index in [4.69, 9.17) is 11.6 Å². The average molecular weight is 508 g/mol. The number of carbonyl (C=O) groups is 2. The lowest BCUT2D eigenvalue weighted by molar-refractivity contribution is -0.140. The number of carbonyl (C=O) groups excluding carboxylic acids is 2. The predicted octanol–water partition coefficient (Wildman–Crippen LogP) is 4.14. The Morgan fingerprint density at radius 3 is 2.26 bits per heavy atom. The number of benzene rings is 2. The number of anilines is 1. The highest BCUT2D eigenvalue weighted by atomic mass is 35.5. The standard InChI is InChI=1S/C25H34ClN3O4S/c1-6-19(4)27-25(31)22(7-2)28(16-20-11-9-8-10-12-20)24(30)17-29(34(5,32)33)23-15-21(26)14-13-18(23)3/h8-15,19,22H,6-7,16-17H2,1-5H3,(H,27,31)/t19-,22-/m1/s1. The lowest BCUT2D eigenvalue weighted by Crippen LogP contribution is -2.53. The molecule has 186 valence electrons. The highest BCUT2D eigenvalue weighted by Gasteiger charge is 2.32. The number of sulfonamides is 1. The zero-order valence-electron chi connectivity index (χ0n) is 20.4. The SMILES string of the molecule is CC[C@@H](C)NC(=O)[C@@H](CC)N(Cc1ccccc1)C(=O)CN(c1cc(Cl)ccc1C)S(C)(=O)=O. The van der Waals surface area contributed by atoms with Gasteiger partial charge in [-0.05, 0) is 49.9 Å². The third-order valence-electron chi connectivity index (χ3n) is 5.70. The van der Waals surface area contributed by atoms with Gasteiger partial charge in [-0.3, -0.25) is 13.9 Å². The van der Waals surface area contributed by atoms with Gasteiger partial charge in [0.15, 0.2) is 0 Å². The number of nitrogens with one attached hydrogen (secondary N) is 1. The topological polar surface area (TPSA) is 86.8 Å². The van der Waals surface area contributed by atoms with Crippen LogP contribution < -0.4 is 9.62 Å². The maximum absolute atomic E-state index is 13.6. The van der Waals surface area contributed by atoms with Crippen molar-refractivity contribution in [1.82, 2.24) is 10.2 Å². The zero-order valence-corrected chi connectivity index (χ0v) is 22.0. The Hall–Kier alpha value is -2.58. The second-order valence-electron chi connectivity index (χ2n) is 8.45. The lowest BCUT2D eigenvalue weighted by Gasteiger charge is -2.33. The molecule has 0 aromatic heterocycles. The number of hydrogen-bond donors (Lipinski definition) is 1. The van der Waals surface area contributed by atoms with Gasteiger partial charge in [0.1, 0.15) is 12.6 Å². The Bertz CT molecular complexity index is 1090. The first-order valence-electron chi connectivity index (χ1n) is 11.4. The maximum Gasteiger partial charge on any atom is 0.244 e. The first kappa shape index (κ1) is 27.7. The highest BCUT2D eigenvalue weighted by Crippen LogP contribution is 2.27. The summed E-state index contributed by atoms with van der Waals surface area (Å²) in [5, 5.41) is 3.31. The minimum atomic E-state index is -3.81. The molecule has 2 rings (SSSR count). The minimum Gasteiger partial charge on any atom is -0.352 e. The molecule has 1 N–H and O–H groups in total. The molecule has 0 bridgehead atoms. The molecule has 2 aromatic rings. The number of amides is 2. The molecule has 34 heavy (non-hydrogen) atoms. The molecule has 9 heteroatoms.